The van der Waals surface area contributed by atoms with Crippen molar-refractivity contribution in [2.24, 2.45) is 0 Å². The van der Waals surface area contributed by atoms with Gasteiger partial charge >= 0.3 is 6.03 Å². The average Bonchev–Trinajstić information content (AvgIpc) is 2.84. The number of hydrogen-bond acceptors (Lipinski definition) is 5. The minimum absolute atomic E-state index is 0.0267. The first-order valence-corrected chi connectivity index (χ1v) is 11.9. The van der Waals surface area contributed by atoms with Crippen LogP contribution < -0.4 is 20.7 Å². The Morgan fingerprint density at radius 1 is 0.912 bits per heavy atom. The summed E-state index contributed by atoms with van der Waals surface area (Å²) in [5.41, 5.74) is 0.910. The monoisotopic (exact) mass is 482 g/mol. The van der Waals surface area contributed by atoms with Gasteiger partial charge in [0.15, 0.2) is 0 Å². The summed E-state index contributed by atoms with van der Waals surface area (Å²) in [6.07, 6.45) is 0. The van der Waals surface area contributed by atoms with Crippen LogP contribution in [0.2, 0.25) is 0 Å². The summed E-state index contributed by atoms with van der Waals surface area (Å²) in [6.45, 7) is 3.01. The quantitative estimate of drug-likeness (QED) is 0.282. The van der Waals surface area contributed by atoms with Crippen LogP contribution in [0.4, 0.5) is 4.79 Å². The number of hydrogen-bond donors (Lipinski definition) is 5. The molecule has 3 rings (SSSR count). The molecule has 5 N–H and O–H groups in total. The fraction of sp³-hybridized carbons (Fsp3) is 0.167. The molecule has 0 saturated heterocycles. The molecule has 1 unspecified atom stereocenters. The van der Waals surface area contributed by atoms with Crippen LogP contribution in [0, 0.1) is 0 Å². The third-order valence-corrected chi connectivity index (χ3v) is 6.35. The van der Waals surface area contributed by atoms with E-state index in [1.165, 1.54) is 12.1 Å². The smallest absolute Gasteiger partial charge is 0.315 e. The number of fused-ring (bicyclic) bond motifs is 1. The fourth-order valence-corrected chi connectivity index (χ4v) is 4.13. The molecule has 0 heterocycles. The van der Waals surface area contributed by atoms with Gasteiger partial charge < -0.3 is 21.1 Å². The number of sulfonamides is 1. The molecule has 178 valence electrons. The summed E-state index contributed by atoms with van der Waals surface area (Å²) in [7, 11) is -3.94. The predicted molar refractivity (Wildman–Crippen MR) is 130 cm³/mol. The van der Waals surface area contributed by atoms with Gasteiger partial charge in [-0.05, 0) is 28.5 Å². The Morgan fingerprint density at radius 3 is 2.29 bits per heavy atom. The number of nitrogens with one attached hydrogen (secondary N) is 4. The number of carbonyl (C=O) groups is 2. The predicted octanol–water partition coefficient (Wildman–Crippen LogP) is 2.17. The van der Waals surface area contributed by atoms with Gasteiger partial charge in [0, 0.05) is 13.1 Å². The van der Waals surface area contributed by atoms with E-state index in [1.54, 1.807) is 18.2 Å². The second-order valence-electron chi connectivity index (χ2n) is 7.49. The number of urea groups is 1. The van der Waals surface area contributed by atoms with Crippen molar-refractivity contribution < 1.29 is 23.1 Å². The Labute approximate surface area is 197 Å². The normalized spacial score (nSPS) is 12.0. The number of benzene rings is 3. The lowest BCUT2D eigenvalue weighted by Crippen LogP contribution is -2.49. The molecule has 0 aliphatic rings. The summed E-state index contributed by atoms with van der Waals surface area (Å²) in [6, 6.07) is 19.8. The molecule has 0 aliphatic heterocycles. The highest BCUT2D eigenvalue weighted by Crippen LogP contribution is 2.18. The van der Waals surface area contributed by atoms with E-state index >= 15 is 0 Å². The minimum Gasteiger partial charge on any atom is -0.511 e. The summed E-state index contributed by atoms with van der Waals surface area (Å²) in [5.74, 6) is -1.08. The first-order chi connectivity index (χ1) is 16.2. The lowest BCUT2D eigenvalue weighted by Gasteiger charge is -2.18. The molecule has 10 heteroatoms. The van der Waals surface area contributed by atoms with Crippen molar-refractivity contribution in [2.45, 2.75) is 17.5 Å². The van der Waals surface area contributed by atoms with Crippen molar-refractivity contribution in [2.75, 3.05) is 13.1 Å². The van der Waals surface area contributed by atoms with E-state index in [4.69, 9.17) is 0 Å². The molecule has 0 bridgehead atoms. The molecular weight excluding hydrogens is 456 g/mol. The maximum absolute atomic E-state index is 12.6. The molecule has 3 amide bonds. The highest BCUT2D eigenvalue weighted by molar-refractivity contribution is 7.89. The maximum Gasteiger partial charge on any atom is 0.315 e. The maximum atomic E-state index is 12.6. The van der Waals surface area contributed by atoms with Crippen molar-refractivity contribution >= 4 is 32.7 Å². The van der Waals surface area contributed by atoms with Crippen LogP contribution >= 0.6 is 0 Å². The standard InChI is InChI=1S/C24H26N4O5S/c1-17(29)22(15-26-24(31)25-14-18-7-3-2-4-8-18)28-23(30)16-27-34(32,33)21-12-11-19-9-5-6-10-20(19)13-21/h2-13,22,27,29H,1,14-16H2,(H,28,30)(H2,25,26,31). The largest absolute Gasteiger partial charge is 0.511 e. The zero-order valence-electron chi connectivity index (χ0n) is 18.3. The highest BCUT2D eigenvalue weighted by atomic mass is 32.2. The van der Waals surface area contributed by atoms with Gasteiger partial charge in [-0.15, -0.1) is 0 Å². The Kier molecular flexibility index (Phi) is 8.23. The lowest BCUT2D eigenvalue weighted by atomic mass is 10.1. The first-order valence-electron chi connectivity index (χ1n) is 10.5. The summed E-state index contributed by atoms with van der Waals surface area (Å²) in [5, 5.41) is 19.0. The van der Waals surface area contributed by atoms with E-state index in [9.17, 15) is 23.1 Å². The Bertz CT molecular complexity index is 1280. The molecule has 1 atom stereocenters. The Hall–Kier alpha value is -3.89. The van der Waals surface area contributed by atoms with E-state index in [0.29, 0.717) is 6.54 Å². The summed E-state index contributed by atoms with van der Waals surface area (Å²) in [4.78, 5) is 24.3. The van der Waals surface area contributed by atoms with Crippen molar-refractivity contribution in [1.29, 1.82) is 0 Å². The molecule has 3 aromatic carbocycles. The lowest BCUT2D eigenvalue weighted by molar-refractivity contribution is -0.120. The van der Waals surface area contributed by atoms with E-state index in [0.717, 1.165) is 16.3 Å². The first kappa shape index (κ1) is 24.7. The molecule has 0 aromatic heterocycles. The molecule has 0 aliphatic carbocycles. The zero-order chi connectivity index (χ0) is 24.6. The van der Waals surface area contributed by atoms with Crippen LogP contribution in [-0.4, -0.2) is 44.6 Å². The van der Waals surface area contributed by atoms with Gasteiger partial charge in [0.05, 0.1) is 11.4 Å². The van der Waals surface area contributed by atoms with Gasteiger partial charge in [0.25, 0.3) is 0 Å². The minimum atomic E-state index is -3.94. The number of rotatable bonds is 10. The van der Waals surface area contributed by atoms with Crippen LogP contribution in [-0.2, 0) is 21.4 Å². The van der Waals surface area contributed by atoms with E-state index < -0.39 is 34.5 Å². The third kappa shape index (κ3) is 7.06. The van der Waals surface area contributed by atoms with E-state index in [2.05, 4.69) is 27.3 Å². The van der Waals surface area contributed by atoms with Crippen LogP contribution in [0.5, 0.6) is 0 Å². The average molecular weight is 483 g/mol. The van der Waals surface area contributed by atoms with E-state index in [-0.39, 0.29) is 17.2 Å². The van der Waals surface area contributed by atoms with Gasteiger partial charge in [0.1, 0.15) is 11.8 Å². The highest BCUT2D eigenvalue weighted by Gasteiger charge is 2.20. The van der Waals surface area contributed by atoms with Crippen LogP contribution in [0.1, 0.15) is 5.56 Å². The van der Waals surface area contributed by atoms with E-state index in [1.807, 2.05) is 42.5 Å². The van der Waals surface area contributed by atoms with Crippen molar-refractivity contribution in [1.82, 2.24) is 20.7 Å². The van der Waals surface area contributed by atoms with Crippen LogP contribution in [0.15, 0.2) is 90.0 Å². The zero-order valence-corrected chi connectivity index (χ0v) is 19.1. The van der Waals surface area contributed by atoms with Crippen molar-refractivity contribution in [3.8, 4) is 0 Å². The van der Waals surface area contributed by atoms with Gasteiger partial charge in [0.2, 0.25) is 15.9 Å². The SMILES string of the molecule is C=C(O)C(CNC(=O)NCc1ccccc1)NC(=O)CNS(=O)(=O)c1ccc2ccccc2c1. The molecule has 34 heavy (non-hydrogen) atoms. The molecule has 0 fully saturated rings. The van der Waals surface area contributed by atoms with Crippen molar-refractivity contribution in [3.63, 3.8) is 0 Å². The van der Waals surface area contributed by atoms with Gasteiger partial charge in [-0.1, -0.05) is 67.2 Å². The molecule has 0 saturated carbocycles. The van der Waals surface area contributed by atoms with Gasteiger partial charge in [-0.2, -0.15) is 0 Å². The van der Waals surface area contributed by atoms with Gasteiger partial charge in [-0.25, -0.2) is 17.9 Å². The second-order valence-corrected chi connectivity index (χ2v) is 9.26. The number of aliphatic hydroxyl groups is 1. The molecule has 0 radical (unpaired) electrons. The fourth-order valence-electron chi connectivity index (χ4n) is 3.11. The van der Waals surface area contributed by atoms with Crippen LogP contribution in [0.3, 0.4) is 0 Å². The molecule has 9 nitrogen and oxygen atoms in total. The third-order valence-electron chi connectivity index (χ3n) is 4.95. The van der Waals surface area contributed by atoms with Crippen molar-refractivity contribution in [3.05, 3.63) is 90.7 Å². The summed E-state index contributed by atoms with van der Waals surface area (Å²) >= 11 is 0. The molecular formula is C24H26N4O5S. The second kappa shape index (κ2) is 11.3. The molecule has 3 aromatic rings. The van der Waals surface area contributed by atoms with Crippen LogP contribution in [0.25, 0.3) is 10.8 Å². The number of amides is 3. The Morgan fingerprint density at radius 2 is 1.59 bits per heavy atom. The summed E-state index contributed by atoms with van der Waals surface area (Å²) < 4.78 is 27.4. The number of carbonyl (C=O) groups excluding carboxylic acids is 2. The van der Waals surface area contributed by atoms with Gasteiger partial charge in [-0.3, -0.25) is 4.79 Å². The molecule has 0 spiro atoms. The topological polar surface area (TPSA) is 137 Å². The Balaban J connectivity index is 1.49. The number of aliphatic hydroxyl groups excluding tert-OH is 1.